The largest absolute Gasteiger partial charge is 0.497 e. The molecule has 2 aromatic rings. The lowest BCUT2D eigenvalue weighted by atomic mass is 10.0. The molecular weight excluding hydrogens is 308 g/mol. The molecule has 24 heavy (non-hydrogen) atoms. The molecule has 0 aliphatic heterocycles. The van der Waals surface area contributed by atoms with Gasteiger partial charge in [-0.3, -0.25) is 0 Å². The first-order chi connectivity index (χ1) is 11.6. The number of hydrogen-bond donors (Lipinski definition) is 1. The lowest BCUT2D eigenvalue weighted by molar-refractivity contribution is 0.0692. The van der Waals surface area contributed by atoms with Gasteiger partial charge in [0.05, 0.1) is 21.3 Å². The minimum atomic E-state index is -1.03. The van der Waals surface area contributed by atoms with Crippen LogP contribution in [0.25, 0.3) is 6.08 Å². The Hall–Kier alpha value is -2.95. The van der Waals surface area contributed by atoms with Crippen molar-refractivity contribution in [3.63, 3.8) is 0 Å². The molecule has 0 radical (unpaired) electrons. The number of carboxylic acids is 1. The molecular formula is C19H20O5. The quantitative estimate of drug-likeness (QED) is 0.840. The first kappa shape index (κ1) is 17.4. The molecule has 0 spiro atoms. The second-order valence-electron chi connectivity index (χ2n) is 5.05. The van der Waals surface area contributed by atoms with E-state index in [1.54, 1.807) is 19.2 Å². The summed E-state index contributed by atoms with van der Waals surface area (Å²) >= 11 is 0. The second-order valence-corrected chi connectivity index (χ2v) is 5.05. The highest BCUT2D eigenvalue weighted by atomic mass is 16.5. The summed E-state index contributed by atoms with van der Waals surface area (Å²) in [5.74, 6) is 0.611. The maximum absolute atomic E-state index is 11.5. The molecule has 0 aliphatic rings. The fourth-order valence-electron chi connectivity index (χ4n) is 2.36. The molecule has 0 aromatic heterocycles. The highest BCUT2D eigenvalue weighted by Gasteiger charge is 2.17. The standard InChI is InChI=1S/C19H20O5/c1-22-15-9-7-13(8-10-15)5-4-6-14-11-16(23-2)12-17(24-3)18(14)19(20)21/h4-5,7-12H,6H2,1-3H3,(H,20,21)/b5-4+. The Morgan fingerprint density at radius 2 is 1.67 bits per heavy atom. The highest BCUT2D eigenvalue weighted by Crippen LogP contribution is 2.29. The summed E-state index contributed by atoms with van der Waals surface area (Å²) in [6.45, 7) is 0. The molecule has 0 unspecified atom stereocenters. The van der Waals surface area contributed by atoms with E-state index in [4.69, 9.17) is 14.2 Å². The molecule has 1 N–H and O–H groups in total. The topological polar surface area (TPSA) is 65.0 Å². The van der Waals surface area contributed by atoms with Gasteiger partial charge in [0.15, 0.2) is 0 Å². The van der Waals surface area contributed by atoms with Gasteiger partial charge in [-0.25, -0.2) is 4.79 Å². The van der Waals surface area contributed by atoms with Gasteiger partial charge >= 0.3 is 5.97 Å². The lowest BCUT2D eigenvalue weighted by Crippen LogP contribution is -2.06. The number of ether oxygens (including phenoxy) is 3. The van der Waals surface area contributed by atoms with Crippen molar-refractivity contribution in [2.24, 2.45) is 0 Å². The summed E-state index contributed by atoms with van der Waals surface area (Å²) in [6, 6.07) is 10.9. The summed E-state index contributed by atoms with van der Waals surface area (Å²) < 4.78 is 15.5. The Balaban J connectivity index is 2.26. The van der Waals surface area contributed by atoms with E-state index in [-0.39, 0.29) is 11.3 Å². The average molecular weight is 328 g/mol. The van der Waals surface area contributed by atoms with Gasteiger partial charge in [0.25, 0.3) is 0 Å². The van der Waals surface area contributed by atoms with Gasteiger partial charge in [0, 0.05) is 6.07 Å². The third kappa shape index (κ3) is 4.07. The number of carbonyl (C=O) groups is 1. The molecule has 0 saturated heterocycles. The number of allylic oxidation sites excluding steroid dienone is 1. The van der Waals surface area contributed by atoms with E-state index in [1.807, 2.05) is 36.4 Å². The van der Waals surface area contributed by atoms with Crippen molar-refractivity contribution in [1.29, 1.82) is 0 Å². The lowest BCUT2D eigenvalue weighted by Gasteiger charge is -2.12. The average Bonchev–Trinajstić information content (AvgIpc) is 2.61. The smallest absolute Gasteiger partial charge is 0.339 e. The highest BCUT2D eigenvalue weighted by molar-refractivity contribution is 5.93. The molecule has 0 atom stereocenters. The molecule has 0 bridgehead atoms. The molecule has 2 rings (SSSR count). The van der Waals surface area contributed by atoms with Crippen molar-refractivity contribution in [2.75, 3.05) is 21.3 Å². The number of methoxy groups -OCH3 is 3. The monoisotopic (exact) mass is 328 g/mol. The molecule has 5 nitrogen and oxygen atoms in total. The molecule has 5 heteroatoms. The normalized spacial score (nSPS) is 10.6. The van der Waals surface area contributed by atoms with Gasteiger partial charge < -0.3 is 19.3 Å². The summed E-state index contributed by atoms with van der Waals surface area (Å²) in [5.41, 5.74) is 1.78. The Morgan fingerprint density at radius 3 is 2.21 bits per heavy atom. The number of aromatic carboxylic acids is 1. The molecule has 0 heterocycles. The molecule has 0 amide bonds. The zero-order chi connectivity index (χ0) is 17.5. The van der Waals surface area contributed by atoms with Crippen molar-refractivity contribution < 1.29 is 24.1 Å². The fraction of sp³-hybridized carbons (Fsp3) is 0.211. The van der Waals surface area contributed by atoms with Crippen LogP contribution in [0.4, 0.5) is 0 Å². The van der Waals surface area contributed by atoms with Crippen molar-refractivity contribution in [3.05, 3.63) is 59.2 Å². The van der Waals surface area contributed by atoms with Crippen molar-refractivity contribution in [1.82, 2.24) is 0 Å². The molecule has 2 aromatic carbocycles. The van der Waals surface area contributed by atoms with E-state index in [0.717, 1.165) is 11.3 Å². The minimum absolute atomic E-state index is 0.151. The second kappa shape index (κ2) is 8.06. The molecule has 0 aliphatic carbocycles. The van der Waals surface area contributed by atoms with Crippen molar-refractivity contribution in [2.45, 2.75) is 6.42 Å². The van der Waals surface area contributed by atoms with Crippen LogP contribution in [-0.4, -0.2) is 32.4 Å². The summed E-state index contributed by atoms with van der Waals surface area (Å²) in [6.07, 6.45) is 4.28. The predicted octanol–water partition coefficient (Wildman–Crippen LogP) is 3.67. The zero-order valence-corrected chi connectivity index (χ0v) is 13.9. The third-order valence-corrected chi connectivity index (χ3v) is 3.59. The SMILES string of the molecule is COc1ccc(/C=C/Cc2cc(OC)cc(OC)c2C(=O)O)cc1. The van der Waals surface area contributed by atoms with Gasteiger partial charge in [0.2, 0.25) is 0 Å². The number of hydrogen-bond acceptors (Lipinski definition) is 4. The minimum Gasteiger partial charge on any atom is -0.497 e. The Bertz CT molecular complexity index is 732. The van der Waals surface area contributed by atoms with Crippen LogP contribution in [0, 0.1) is 0 Å². The molecule has 126 valence electrons. The fourth-order valence-corrected chi connectivity index (χ4v) is 2.36. The molecule has 0 fully saturated rings. The Labute approximate surface area is 141 Å². The van der Waals surface area contributed by atoms with Gasteiger partial charge in [0.1, 0.15) is 22.8 Å². The van der Waals surface area contributed by atoms with Gasteiger partial charge in [-0.05, 0) is 35.7 Å². The van der Waals surface area contributed by atoms with Crippen LogP contribution in [-0.2, 0) is 6.42 Å². The number of benzene rings is 2. The first-order valence-electron chi connectivity index (χ1n) is 7.37. The van der Waals surface area contributed by atoms with E-state index >= 15 is 0 Å². The first-order valence-corrected chi connectivity index (χ1v) is 7.37. The van der Waals surface area contributed by atoms with Crippen LogP contribution in [0.5, 0.6) is 17.2 Å². The van der Waals surface area contributed by atoms with Crippen molar-refractivity contribution >= 4 is 12.0 Å². The number of carboxylic acid groups (broad SMARTS) is 1. The summed E-state index contributed by atoms with van der Waals surface area (Å²) in [5, 5.41) is 9.46. The third-order valence-electron chi connectivity index (χ3n) is 3.59. The van der Waals surface area contributed by atoms with Crippen LogP contribution in [0.3, 0.4) is 0 Å². The van der Waals surface area contributed by atoms with Crippen molar-refractivity contribution in [3.8, 4) is 17.2 Å². The van der Waals surface area contributed by atoms with E-state index < -0.39 is 5.97 Å². The van der Waals surface area contributed by atoms with Crippen LogP contribution >= 0.6 is 0 Å². The molecule has 0 saturated carbocycles. The van der Waals surface area contributed by atoms with Gasteiger partial charge in [-0.1, -0.05) is 24.3 Å². The van der Waals surface area contributed by atoms with Crippen LogP contribution < -0.4 is 14.2 Å². The van der Waals surface area contributed by atoms with Gasteiger partial charge in [-0.2, -0.15) is 0 Å². The maximum atomic E-state index is 11.5. The van der Waals surface area contributed by atoms with Crippen LogP contribution in [0.2, 0.25) is 0 Å². The van der Waals surface area contributed by atoms with Crippen LogP contribution in [0.1, 0.15) is 21.5 Å². The van der Waals surface area contributed by atoms with E-state index in [0.29, 0.717) is 17.7 Å². The predicted molar refractivity (Wildman–Crippen MR) is 92.2 cm³/mol. The van der Waals surface area contributed by atoms with E-state index in [2.05, 4.69) is 0 Å². The van der Waals surface area contributed by atoms with E-state index in [1.165, 1.54) is 14.2 Å². The number of rotatable bonds is 7. The van der Waals surface area contributed by atoms with Gasteiger partial charge in [-0.15, -0.1) is 0 Å². The Kier molecular flexibility index (Phi) is 5.84. The summed E-state index contributed by atoms with van der Waals surface area (Å²) in [7, 11) is 4.60. The zero-order valence-electron chi connectivity index (χ0n) is 13.9. The van der Waals surface area contributed by atoms with Crippen LogP contribution in [0.15, 0.2) is 42.5 Å². The Morgan fingerprint density at radius 1 is 1.00 bits per heavy atom. The summed E-state index contributed by atoms with van der Waals surface area (Å²) in [4.78, 5) is 11.5. The maximum Gasteiger partial charge on any atom is 0.339 e. The van der Waals surface area contributed by atoms with E-state index in [9.17, 15) is 9.90 Å².